The highest BCUT2D eigenvalue weighted by Gasteiger charge is 2.25. The number of carbonyl (C=O) groups excluding carboxylic acids is 1. The first-order chi connectivity index (χ1) is 11.7. The smallest absolute Gasteiger partial charge is 0.234 e. The zero-order chi connectivity index (χ0) is 16.8. The molecule has 1 N–H and O–H groups in total. The molecule has 0 aromatic heterocycles. The first-order valence-electron chi connectivity index (χ1n) is 9.10. The molecule has 0 bridgehead atoms. The van der Waals surface area contributed by atoms with Gasteiger partial charge in [-0.1, -0.05) is 18.2 Å². The number of rotatable bonds is 5. The fourth-order valence-corrected chi connectivity index (χ4v) is 3.66. The number of benzene rings is 1. The summed E-state index contributed by atoms with van der Waals surface area (Å²) in [5.74, 6) is 0.140. The maximum absolute atomic E-state index is 12.3. The van der Waals surface area contributed by atoms with E-state index in [1.807, 2.05) is 0 Å². The summed E-state index contributed by atoms with van der Waals surface area (Å²) in [5, 5.41) is 3.16. The van der Waals surface area contributed by atoms with E-state index in [4.69, 9.17) is 4.74 Å². The summed E-state index contributed by atoms with van der Waals surface area (Å²) in [7, 11) is 2.07. The van der Waals surface area contributed by atoms with Gasteiger partial charge in [0, 0.05) is 44.1 Å². The van der Waals surface area contributed by atoms with Gasteiger partial charge in [0.05, 0.1) is 6.54 Å². The number of hydrogen-bond acceptors (Lipinski definition) is 4. The van der Waals surface area contributed by atoms with Gasteiger partial charge in [-0.15, -0.1) is 0 Å². The molecule has 132 valence electrons. The minimum Gasteiger partial charge on any atom is -0.381 e. The number of para-hydroxylation sites is 1. The Morgan fingerprint density at radius 2 is 2.00 bits per heavy atom. The quantitative estimate of drug-likeness (QED) is 0.895. The second-order valence-electron chi connectivity index (χ2n) is 6.95. The number of likely N-dealkylation sites (N-methyl/N-ethyl adjacent to an activating group) is 1. The average molecular weight is 331 g/mol. The van der Waals surface area contributed by atoms with E-state index < -0.39 is 0 Å². The monoisotopic (exact) mass is 331 g/mol. The summed E-state index contributed by atoms with van der Waals surface area (Å²) < 4.78 is 5.34. The normalized spacial score (nSPS) is 22.6. The van der Waals surface area contributed by atoms with Gasteiger partial charge in [-0.2, -0.15) is 0 Å². The van der Waals surface area contributed by atoms with E-state index in [-0.39, 0.29) is 11.9 Å². The first-order valence-corrected chi connectivity index (χ1v) is 9.10. The van der Waals surface area contributed by atoms with Crippen LogP contribution in [0.1, 0.15) is 25.7 Å². The Morgan fingerprint density at radius 3 is 2.75 bits per heavy atom. The fraction of sp³-hybridized carbons (Fsp3) is 0.632. The minimum absolute atomic E-state index is 0.140. The van der Waals surface area contributed by atoms with Gasteiger partial charge in [0.15, 0.2) is 0 Å². The molecule has 0 spiro atoms. The molecule has 1 aromatic carbocycles. The van der Waals surface area contributed by atoms with Crippen molar-refractivity contribution >= 4 is 11.6 Å². The zero-order valence-corrected chi connectivity index (χ0v) is 14.6. The van der Waals surface area contributed by atoms with E-state index in [1.54, 1.807) is 0 Å². The molecular formula is C19H29N3O2. The lowest BCUT2D eigenvalue weighted by Gasteiger charge is -2.38. The van der Waals surface area contributed by atoms with Crippen LogP contribution >= 0.6 is 0 Å². The number of hydrogen-bond donors (Lipinski definition) is 1. The molecule has 0 saturated carbocycles. The Labute approximate surface area is 145 Å². The maximum Gasteiger partial charge on any atom is 0.234 e. The molecule has 1 atom stereocenters. The molecule has 2 fully saturated rings. The molecule has 2 aliphatic heterocycles. The molecule has 3 rings (SSSR count). The molecule has 24 heavy (non-hydrogen) atoms. The van der Waals surface area contributed by atoms with E-state index in [1.165, 1.54) is 12.1 Å². The summed E-state index contributed by atoms with van der Waals surface area (Å²) in [5.41, 5.74) is 1.28. The Hall–Kier alpha value is -1.59. The predicted molar refractivity (Wildman–Crippen MR) is 96.3 cm³/mol. The molecule has 2 heterocycles. The number of nitrogens with one attached hydrogen (secondary N) is 1. The summed E-state index contributed by atoms with van der Waals surface area (Å²) in [4.78, 5) is 17.0. The van der Waals surface area contributed by atoms with Crippen LogP contribution in [0.3, 0.4) is 0 Å². The molecule has 0 radical (unpaired) electrons. The molecule has 5 nitrogen and oxygen atoms in total. The summed E-state index contributed by atoms with van der Waals surface area (Å²) in [6, 6.07) is 11.3. The maximum atomic E-state index is 12.3. The molecule has 0 unspecified atom stereocenters. The second kappa shape index (κ2) is 8.49. The number of ether oxygens (including phenoxy) is 1. The lowest BCUT2D eigenvalue weighted by Crippen LogP contribution is -2.50. The van der Waals surface area contributed by atoms with Crippen molar-refractivity contribution in [1.29, 1.82) is 0 Å². The third-order valence-electron chi connectivity index (χ3n) is 5.12. The lowest BCUT2D eigenvalue weighted by molar-refractivity contribution is -0.123. The van der Waals surface area contributed by atoms with Crippen molar-refractivity contribution in [2.75, 3.05) is 44.8 Å². The summed E-state index contributed by atoms with van der Waals surface area (Å²) in [6.07, 6.45) is 4.19. The number of carbonyl (C=O) groups is 1. The van der Waals surface area contributed by atoms with Crippen molar-refractivity contribution < 1.29 is 9.53 Å². The van der Waals surface area contributed by atoms with Crippen molar-refractivity contribution in [2.24, 2.45) is 0 Å². The van der Waals surface area contributed by atoms with Gasteiger partial charge < -0.3 is 15.0 Å². The minimum atomic E-state index is 0.140. The molecular weight excluding hydrogens is 302 g/mol. The molecule has 2 aliphatic rings. The van der Waals surface area contributed by atoms with Crippen molar-refractivity contribution in [3.05, 3.63) is 30.3 Å². The summed E-state index contributed by atoms with van der Waals surface area (Å²) in [6.45, 7) is 4.09. The standard InChI is InChI=1S/C19H29N3O2/c1-21(15-19(23)20-16-9-12-24-13-10-16)18-8-5-11-22(14-18)17-6-3-2-4-7-17/h2-4,6-7,16,18H,5,8-15H2,1H3,(H,20,23)/t18-/m1/s1. The third-order valence-corrected chi connectivity index (χ3v) is 5.12. The Balaban J connectivity index is 1.48. The lowest BCUT2D eigenvalue weighted by atomic mass is 10.0. The van der Waals surface area contributed by atoms with E-state index >= 15 is 0 Å². The highest BCUT2D eigenvalue weighted by molar-refractivity contribution is 5.78. The van der Waals surface area contributed by atoms with E-state index in [2.05, 4.69) is 52.5 Å². The van der Waals surface area contributed by atoms with Crippen LogP contribution in [0.5, 0.6) is 0 Å². The number of anilines is 1. The van der Waals surface area contributed by atoms with Crippen LogP contribution in [0.25, 0.3) is 0 Å². The first kappa shape index (κ1) is 17.2. The van der Waals surface area contributed by atoms with Crippen LogP contribution < -0.4 is 10.2 Å². The zero-order valence-electron chi connectivity index (χ0n) is 14.6. The van der Waals surface area contributed by atoms with Gasteiger partial charge in [0.2, 0.25) is 5.91 Å². The molecule has 0 aliphatic carbocycles. The van der Waals surface area contributed by atoms with Gasteiger partial charge >= 0.3 is 0 Å². The number of piperidine rings is 1. The van der Waals surface area contributed by atoms with Crippen LogP contribution in [0.2, 0.25) is 0 Å². The van der Waals surface area contributed by atoms with E-state index in [9.17, 15) is 4.79 Å². The molecule has 5 heteroatoms. The van der Waals surface area contributed by atoms with Crippen molar-refractivity contribution in [2.45, 2.75) is 37.8 Å². The van der Waals surface area contributed by atoms with Gasteiger partial charge in [-0.25, -0.2) is 0 Å². The molecule has 1 amide bonds. The van der Waals surface area contributed by atoms with Crippen molar-refractivity contribution in [3.8, 4) is 0 Å². The van der Waals surface area contributed by atoms with Crippen LogP contribution in [-0.2, 0) is 9.53 Å². The Bertz CT molecular complexity index is 517. The molecule has 2 saturated heterocycles. The third kappa shape index (κ3) is 4.71. The summed E-state index contributed by atoms with van der Waals surface area (Å²) >= 11 is 0. The Morgan fingerprint density at radius 1 is 1.25 bits per heavy atom. The van der Waals surface area contributed by atoms with Crippen LogP contribution in [-0.4, -0.2) is 62.8 Å². The van der Waals surface area contributed by atoms with Gasteiger partial charge in [-0.05, 0) is 44.9 Å². The highest BCUT2D eigenvalue weighted by Crippen LogP contribution is 2.21. The van der Waals surface area contributed by atoms with Crippen LogP contribution in [0, 0.1) is 0 Å². The largest absolute Gasteiger partial charge is 0.381 e. The highest BCUT2D eigenvalue weighted by atomic mass is 16.5. The SMILES string of the molecule is CN(CC(=O)NC1CCOCC1)[C@@H]1CCCN(c2ccccc2)C1. The van der Waals surface area contributed by atoms with Crippen molar-refractivity contribution in [3.63, 3.8) is 0 Å². The fourth-order valence-electron chi connectivity index (χ4n) is 3.66. The Kier molecular flexibility index (Phi) is 6.10. The number of nitrogens with zero attached hydrogens (tertiary/aromatic N) is 2. The van der Waals surface area contributed by atoms with Crippen LogP contribution in [0.4, 0.5) is 5.69 Å². The van der Waals surface area contributed by atoms with Gasteiger partial charge in [0.25, 0.3) is 0 Å². The molecule has 1 aromatic rings. The van der Waals surface area contributed by atoms with Gasteiger partial charge in [0.1, 0.15) is 0 Å². The van der Waals surface area contributed by atoms with E-state index in [0.29, 0.717) is 12.6 Å². The number of amides is 1. The topological polar surface area (TPSA) is 44.8 Å². The second-order valence-corrected chi connectivity index (χ2v) is 6.95. The van der Waals surface area contributed by atoms with Crippen molar-refractivity contribution in [1.82, 2.24) is 10.2 Å². The van der Waals surface area contributed by atoms with Gasteiger partial charge in [-0.3, -0.25) is 9.69 Å². The predicted octanol–water partition coefficient (Wildman–Crippen LogP) is 1.88. The van der Waals surface area contributed by atoms with E-state index in [0.717, 1.165) is 45.6 Å². The average Bonchev–Trinajstić information content (AvgIpc) is 2.63. The van der Waals surface area contributed by atoms with Crippen LogP contribution in [0.15, 0.2) is 30.3 Å².